The number of aliphatic hydroxyl groups excluding tert-OH is 6. The third-order valence-corrected chi connectivity index (χ3v) is 12.8. The maximum absolute atomic E-state index is 14.1. The van der Waals surface area contributed by atoms with Crippen molar-refractivity contribution in [1.82, 2.24) is 0 Å². The Morgan fingerprint density at radius 3 is 2.28 bits per heavy atom. The Bertz CT molecular complexity index is 1670. The van der Waals surface area contributed by atoms with E-state index in [0.29, 0.717) is 5.57 Å². The molecule has 3 aliphatic heterocycles. The number of hydrogen-bond donors (Lipinski definition) is 6. The summed E-state index contributed by atoms with van der Waals surface area (Å²) >= 11 is 0. The lowest BCUT2D eigenvalue weighted by molar-refractivity contribution is -0.296. The van der Waals surface area contributed by atoms with E-state index in [4.69, 9.17) is 33.2 Å². The van der Waals surface area contributed by atoms with Crippen molar-refractivity contribution in [1.29, 1.82) is 0 Å². The molecule has 0 amide bonds. The van der Waals surface area contributed by atoms with Crippen LogP contribution in [0.4, 0.5) is 0 Å². The van der Waals surface area contributed by atoms with Crippen LogP contribution in [-0.2, 0) is 57.1 Å². The van der Waals surface area contributed by atoms with Crippen LogP contribution in [0.1, 0.15) is 54.4 Å². The van der Waals surface area contributed by atoms with Gasteiger partial charge in [-0.05, 0) is 56.6 Å². The molecule has 6 aliphatic rings. The fraction of sp³-hybridized carbons (Fsp3) is 0.750. The average Bonchev–Trinajstić information content (AvgIpc) is 3.40. The summed E-state index contributed by atoms with van der Waals surface area (Å²) in [5.41, 5.74) is -5.89. The number of Topliss-reactive ketones (excluding diaryl/α,β-unsaturated/α-hetero) is 1. The van der Waals surface area contributed by atoms with Crippen molar-refractivity contribution in [2.24, 2.45) is 28.6 Å². The summed E-state index contributed by atoms with van der Waals surface area (Å²) in [5, 5.41) is 64.8. The number of hydrogen-bond acceptors (Lipinski definition) is 18. The Labute approximate surface area is 309 Å². The molecule has 0 aromatic carbocycles. The maximum Gasteiger partial charge on any atom is 0.348 e. The average molecular weight is 769 g/mol. The van der Waals surface area contributed by atoms with E-state index in [0.717, 1.165) is 13.2 Å². The van der Waals surface area contributed by atoms with Gasteiger partial charge in [-0.1, -0.05) is 6.92 Å². The minimum atomic E-state index is -2.41. The number of methoxy groups -OCH3 is 1. The minimum absolute atomic E-state index is 0.0183. The van der Waals surface area contributed by atoms with Gasteiger partial charge in [-0.2, -0.15) is 0 Å². The molecule has 0 radical (unpaired) electrons. The van der Waals surface area contributed by atoms with E-state index >= 15 is 0 Å². The van der Waals surface area contributed by atoms with Crippen molar-refractivity contribution in [2.75, 3.05) is 20.3 Å². The molecular formula is C36H48O18. The maximum atomic E-state index is 14.1. The highest BCUT2D eigenvalue weighted by atomic mass is 16.7. The van der Waals surface area contributed by atoms with Crippen molar-refractivity contribution in [3.8, 4) is 0 Å². The van der Waals surface area contributed by atoms with Gasteiger partial charge < -0.3 is 63.8 Å². The quantitative estimate of drug-likeness (QED) is 0.0894. The molecular weight excluding hydrogens is 720 g/mol. The van der Waals surface area contributed by atoms with Crippen molar-refractivity contribution in [3.63, 3.8) is 0 Å². The Hall–Kier alpha value is -3.49. The van der Waals surface area contributed by atoms with Gasteiger partial charge >= 0.3 is 23.9 Å². The van der Waals surface area contributed by atoms with E-state index < -0.39 is 131 Å². The predicted octanol–water partition coefficient (Wildman–Crippen LogP) is -1.90. The van der Waals surface area contributed by atoms with Crippen LogP contribution in [-0.4, -0.2) is 147 Å². The Kier molecular flexibility index (Phi) is 10.1. The van der Waals surface area contributed by atoms with E-state index in [1.165, 1.54) is 27.7 Å². The number of fused-ring (bicyclic) bond motifs is 2. The summed E-state index contributed by atoms with van der Waals surface area (Å²) in [7, 11) is 1.03. The van der Waals surface area contributed by atoms with Gasteiger partial charge in [0.05, 0.1) is 32.3 Å². The van der Waals surface area contributed by atoms with E-state index in [1.54, 1.807) is 13.8 Å². The van der Waals surface area contributed by atoms with Crippen molar-refractivity contribution in [2.45, 2.75) is 121 Å². The zero-order chi connectivity index (χ0) is 40.0. The highest BCUT2D eigenvalue weighted by Gasteiger charge is 2.85. The van der Waals surface area contributed by atoms with Crippen LogP contribution in [0.2, 0.25) is 0 Å². The summed E-state index contributed by atoms with van der Waals surface area (Å²) in [4.78, 5) is 66.9. The zero-order valence-electron chi connectivity index (χ0n) is 30.9. The largest absolute Gasteiger partial charge is 0.467 e. The molecule has 3 aliphatic carbocycles. The lowest BCUT2D eigenvalue weighted by Gasteiger charge is -2.67. The fourth-order valence-electron chi connectivity index (χ4n) is 10.2. The van der Waals surface area contributed by atoms with Crippen LogP contribution in [0, 0.1) is 28.6 Å². The molecule has 2 bridgehead atoms. The molecule has 3 saturated heterocycles. The number of allylic oxidation sites excluding steroid dienone is 2. The normalized spacial score (nSPS) is 44.4. The smallest absolute Gasteiger partial charge is 0.348 e. The van der Waals surface area contributed by atoms with Gasteiger partial charge in [0, 0.05) is 30.8 Å². The predicted molar refractivity (Wildman–Crippen MR) is 175 cm³/mol. The summed E-state index contributed by atoms with van der Waals surface area (Å²) in [6.45, 7) is 7.94. The number of rotatable bonds is 8. The lowest BCUT2D eigenvalue weighted by atomic mass is 9.38. The van der Waals surface area contributed by atoms with Crippen LogP contribution in [0.15, 0.2) is 23.0 Å². The number of carbonyl (C=O) groups excluding carboxylic acids is 5. The molecule has 18 nitrogen and oxygen atoms in total. The lowest BCUT2D eigenvalue weighted by Crippen LogP contribution is -2.79. The summed E-state index contributed by atoms with van der Waals surface area (Å²) in [6.07, 6.45) is -14.4. The SMILES string of the molecule is COC(=O)C12OCC34C(CC5C(C)=C(OC6OC(CO)C(O)C(O)C6O)C(=O)CC5(C)C3C(O)C1O)OC(=O)C(OC(=O)C=C(C)C(C)(C)OC(C)=O)C24. The highest BCUT2D eigenvalue weighted by Crippen LogP contribution is 2.73. The molecule has 6 N–H and O–H groups in total. The zero-order valence-corrected chi connectivity index (χ0v) is 30.9. The number of carbonyl (C=O) groups is 5. The molecule has 1 spiro atoms. The van der Waals surface area contributed by atoms with Crippen LogP contribution in [0.3, 0.4) is 0 Å². The number of ether oxygens (including phenoxy) is 7. The molecule has 300 valence electrons. The highest BCUT2D eigenvalue weighted by molar-refractivity contribution is 5.96. The van der Waals surface area contributed by atoms with Gasteiger partial charge in [0.1, 0.15) is 42.2 Å². The molecule has 5 fully saturated rings. The first-order valence-corrected chi connectivity index (χ1v) is 17.7. The third-order valence-electron chi connectivity index (χ3n) is 12.8. The second kappa shape index (κ2) is 13.6. The first-order valence-electron chi connectivity index (χ1n) is 17.7. The first kappa shape index (κ1) is 40.2. The molecule has 54 heavy (non-hydrogen) atoms. The minimum Gasteiger partial charge on any atom is -0.467 e. The van der Waals surface area contributed by atoms with E-state index in [9.17, 15) is 54.6 Å². The number of aliphatic hydroxyl groups is 6. The summed E-state index contributed by atoms with van der Waals surface area (Å²) in [5.74, 6) is -8.09. The van der Waals surface area contributed by atoms with Gasteiger partial charge in [-0.3, -0.25) is 9.59 Å². The molecule has 6 rings (SSSR count). The van der Waals surface area contributed by atoms with Gasteiger partial charge in [-0.25, -0.2) is 14.4 Å². The standard InChI is InChI=1S/C36H48O18/c1-13(33(4,5)54-15(3)38)8-20(40)52-26-28-35-12-49-36(28,32(47)48-7)29(45)24(44)27(35)34(6)10-17(39)25(14(2)16(34)9-19(35)51-30(26)46)53-31-23(43)22(42)21(41)18(11-37)50-31/h8,16,18-19,21-24,26-29,31,37,41-45H,9-12H2,1-7H3. The first-order chi connectivity index (χ1) is 25.1. The topological polar surface area (TPSA) is 271 Å². The van der Waals surface area contributed by atoms with Crippen molar-refractivity contribution >= 4 is 29.7 Å². The van der Waals surface area contributed by atoms with Gasteiger partial charge in [0.25, 0.3) is 0 Å². The van der Waals surface area contributed by atoms with Gasteiger partial charge in [0.2, 0.25) is 18.0 Å². The van der Waals surface area contributed by atoms with Gasteiger partial charge in [-0.15, -0.1) is 0 Å². The molecule has 0 aromatic heterocycles. The number of ketones is 1. The Morgan fingerprint density at radius 1 is 1.00 bits per heavy atom. The molecule has 0 aromatic rings. The third kappa shape index (κ3) is 5.63. The summed E-state index contributed by atoms with van der Waals surface area (Å²) in [6, 6.07) is 0. The van der Waals surface area contributed by atoms with E-state index in [1.807, 2.05) is 0 Å². The van der Waals surface area contributed by atoms with Crippen LogP contribution in [0.25, 0.3) is 0 Å². The fourth-order valence-corrected chi connectivity index (χ4v) is 10.2. The van der Waals surface area contributed by atoms with Gasteiger partial charge in [0.15, 0.2) is 11.5 Å². The number of esters is 4. The van der Waals surface area contributed by atoms with E-state index in [2.05, 4.69) is 0 Å². The Balaban J connectivity index is 1.41. The molecule has 3 heterocycles. The van der Waals surface area contributed by atoms with E-state index in [-0.39, 0.29) is 30.8 Å². The molecule has 15 atom stereocenters. The summed E-state index contributed by atoms with van der Waals surface area (Å²) < 4.78 is 39.6. The van der Waals surface area contributed by atoms with Crippen molar-refractivity contribution < 1.29 is 87.8 Å². The molecule has 18 heteroatoms. The Morgan fingerprint density at radius 2 is 1.67 bits per heavy atom. The molecule has 2 saturated carbocycles. The van der Waals surface area contributed by atoms with Crippen LogP contribution in [0.5, 0.6) is 0 Å². The second-order valence-corrected chi connectivity index (χ2v) is 16.0. The van der Waals surface area contributed by atoms with Crippen molar-refractivity contribution in [3.05, 3.63) is 23.0 Å². The monoisotopic (exact) mass is 768 g/mol. The van der Waals surface area contributed by atoms with Crippen LogP contribution < -0.4 is 0 Å². The van der Waals surface area contributed by atoms with Crippen LogP contribution >= 0.6 is 0 Å². The molecule has 15 unspecified atom stereocenters. The second-order valence-electron chi connectivity index (χ2n) is 16.0.